The molecule has 0 rings (SSSR count). The third-order valence-corrected chi connectivity index (χ3v) is 0.748. The van der Waals surface area contributed by atoms with Crippen LogP contribution < -0.4 is 5.43 Å². The molecule has 0 aromatic rings. The predicted octanol–water partition coefficient (Wildman–Crippen LogP) is 0.966. The first-order chi connectivity index (χ1) is 4.31. The van der Waals surface area contributed by atoms with E-state index in [2.05, 4.69) is 10.5 Å². The summed E-state index contributed by atoms with van der Waals surface area (Å²) < 4.78 is 5.03. The molecule has 0 aliphatic carbocycles. The van der Waals surface area contributed by atoms with Crippen molar-refractivity contribution in [3.8, 4) is 0 Å². The van der Waals surface area contributed by atoms with E-state index in [4.69, 9.17) is 4.74 Å². The second kappa shape index (κ2) is 5.41. The highest BCUT2D eigenvalue weighted by molar-refractivity contribution is 5.72. The van der Waals surface area contributed by atoms with Crippen LogP contribution in [0.4, 0.5) is 0 Å². The molecule has 0 bridgehead atoms. The summed E-state index contributed by atoms with van der Waals surface area (Å²) in [7, 11) is 0. The molecule has 0 unspecified atom stereocenters. The molecule has 0 aromatic heterocycles. The van der Waals surface area contributed by atoms with Crippen LogP contribution in [0.15, 0.2) is 5.10 Å². The zero-order valence-corrected chi connectivity index (χ0v) is 6.27. The first-order valence-corrected chi connectivity index (χ1v) is 3.21. The first-order valence-electron chi connectivity index (χ1n) is 3.21. The smallest absolute Gasteiger partial charge is 0.202 e. The molecule has 0 radical (unpaired) electrons. The fraction of sp³-hybridized carbons (Fsp3) is 0.833. The molecule has 0 amide bonds. The molecule has 9 heavy (non-hydrogen) atoms. The van der Waals surface area contributed by atoms with E-state index in [0.717, 1.165) is 6.54 Å². The second-order valence-electron chi connectivity index (χ2n) is 1.58. The predicted molar refractivity (Wildman–Crippen MR) is 38.4 cm³/mol. The number of hydrogen-bond donors (Lipinski definition) is 1. The molecule has 0 heterocycles. The van der Waals surface area contributed by atoms with Gasteiger partial charge in [0.05, 0.1) is 6.61 Å². The van der Waals surface area contributed by atoms with Crippen molar-refractivity contribution in [1.82, 2.24) is 5.43 Å². The van der Waals surface area contributed by atoms with Crippen molar-refractivity contribution in [3.63, 3.8) is 0 Å². The monoisotopic (exact) mass is 130 g/mol. The van der Waals surface area contributed by atoms with Gasteiger partial charge in [-0.25, -0.2) is 0 Å². The van der Waals surface area contributed by atoms with Crippen molar-refractivity contribution >= 4 is 5.90 Å². The zero-order chi connectivity index (χ0) is 7.11. The number of nitrogens with one attached hydrogen (secondary N) is 1. The molecule has 0 fully saturated rings. The Kier molecular flexibility index (Phi) is 4.97. The molecule has 0 aromatic carbocycles. The zero-order valence-electron chi connectivity index (χ0n) is 6.27. The summed E-state index contributed by atoms with van der Waals surface area (Å²) in [6.45, 7) is 7.27. The van der Waals surface area contributed by atoms with E-state index in [0.29, 0.717) is 12.5 Å². The molecule has 0 saturated carbocycles. The van der Waals surface area contributed by atoms with E-state index < -0.39 is 0 Å². The Morgan fingerprint density at radius 1 is 1.56 bits per heavy atom. The van der Waals surface area contributed by atoms with Gasteiger partial charge in [-0.3, -0.25) is 0 Å². The third-order valence-electron chi connectivity index (χ3n) is 0.748. The van der Waals surface area contributed by atoms with Crippen LogP contribution in [0, 0.1) is 0 Å². The molecule has 0 aliphatic heterocycles. The molecule has 0 aliphatic rings. The van der Waals surface area contributed by atoms with E-state index in [1.54, 1.807) is 0 Å². The summed E-state index contributed by atoms with van der Waals surface area (Å²) in [6, 6.07) is 0. The van der Waals surface area contributed by atoms with Gasteiger partial charge < -0.3 is 10.2 Å². The van der Waals surface area contributed by atoms with Gasteiger partial charge in [-0.15, -0.1) is 5.10 Å². The average molecular weight is 130 g/mol. The van der Waals surface area contributed by atoms with Gasteiger partial charge in [0, 0.05) is 13.5 Å². The minimum atomic E-state index is 0.681. The fourth-order valence-corrected chi connectivity index (χ4v) is 0.432. The molecule has 3 heteroatoms. The van der Waals surface area contributed by atoms with Crippen molar-refractivity contribution in [3.05, 3.63) is 0 Å². The SMILES string of the molecule is CCN/N=C(\C)OCC. The molecule has 54 valence electrons. The normalized spacial score (nSPS) is 11.2. The minimum Gasteiger partial charge on any atom is -0.480 e. The van der Waals surface area contributed by atoms with Crippen molar-refractivity contribution in [1.29, 1.82) is 0 Å². The Balaban J connectivity index is 3.30. The van der Waals surface area contributed by atoms with Gasteiger partial charge in [0.25, 0.3) is 0 Å². The fourth-order valence-electron chi connectivity index (χ4n) is 0.432. The van der Waals surface area contributed by atoms with E-state index in [9.17, 15) is 0 Å². The lowest BCUT2D eigenvalue weighted by molar-refractivity contribution is 0.320. The Morgan fingerprint density at radius 3 is 2.67 bits per heavy atom. The van der Waals surface area contributed by atoms with E-state index in [1.807, 2.05) is 20.8 Å². The number of hydrogen-bond acceptors (Lipinski definition) is 3. The maximum atomic E-state index is 5.03. The Hall–Kier alpha value is -0.730. The van der Waals surface area contributed by atoms with Crippen molar-refractivity contribution in [2.24, 2.45) is 5.10 Å². The van der Waals surface area contributed by atoms with E-state index >= 15 is 0 Å². The summed E-state index contributed by atoms with van der Waals surface area (Å²) >= 11 is 0. The standard InChI is InChI=1S/C6H14N2O/c1-4-7-8-6(3)9-5-2/h7H,4-5H2,1-3H3/b8-6+. The third kappa shape index (κ3) is 5.14. The molecular weight excluding hydrogens is 116 g/mol. The van der Waals surface area contributed by atoms with Gasteiger partial charge in [0.15, 0.2) is 0 Å². The molecule has 0 spiro atoms. The average Bonchev–Trinajstić information content (AvgIpc) is 1.85. The molecule has 1 N–H and O–H groups in total. The van der Waals surface area contributed by atoms with Crippen LogP contribution in [0.25, 0.3) is 0 Å². The lowest BCUT2D eigenvalue weighted by Crippen LogP contribution is -2.09. The Bertz CT molecular complexity index is 91.1. The van der Waals surface area contributed by atoms with Crippen LogP contribution in [0.3, 0.4) is 0 Å². The minimum absolute atomic E-state index is 0.681. The van der Waals surface area contributed by atoms with E-state index in [1.165, 1.54) is 0 Å². The Morgan fingerprint density at radius 2 is 2.22 bits per heavy atom. The number of ether oxygens (including phenoxy) is 1. The van der Waals surface area contributed by atoms with Crippen LogP contribution in [0.2, 0.25) is 0 Å². The van der Waals surface area contributed by atoms with Crippen LogP contribution in [-0.2, 0) is 4.74 Å². The van der Waals surface area contributed by atoms with Gasteiger partial charge in [0.2, 0.25) is 5.90 Å². The second-order valence-corrected chi connectivity index (χ2v) is 1.58. The van der Waals surface area contributed by atoms with Crippen LogP contribution in [0.5, 0.6) is 0 Å². The van der Waals surface area contributed by atoms with Crippen LogP contribution in [0.1, 0.15) is 20.8 Å². The Labute approximate surface area is 56.1 Å². The van der Waals surface area contributed by atoms with Gasteiger partial charge in [-0.05, 0) is 13.8 Å². The summed E-state index contributed by atoms with van der Waals surface area (Å²) in [4.78, 5) is 0. The molecule has 0 saturated heterocycles. The maximum Gasteiger partial charge on any atom is 0.202 e. The highest BCUT2D eigenvalue weighted by Gasteiger charge is 1.84. The topological polar surface area (TPSA) is 33.6 Å². The lowest BCUT2D eigenvalue weighted by Gasteiger charge is -2.00. The quantitative estimate of drug-likeness (QED) is 0.351. The summed E-state index contributed by atoms with van der Waals surface area (Å²) in [6.07, 6.45) is 0. The lowest BCUT2D eigenvalue weighted by atomic mass is 10.7. The molecule has 0 atom stereocenters. The highest BCUT2D eigenvalue weighted by Crippen LogP contribution is 1.77. The van der Waals surface area contributed by atoms with Gasteiger partial charge in [-0.1, -0.05) is 0 Å². The number of nitrogens with zero attached hydrogens (tertiary/aromatic N) is 1. The van der Waals surface area contributed by atoms with Crippen molar-refractivity contribution < 1.29 is 4.74 Å². The van der Waals surface area contributed by atoms with Crippen molar-refractivity contribution in [2.75, 3.05) is 13.2 Å². The number of rotatable bonds is 3. The van der Waals surface area contributed by atoms with Gasteiger partial charge in [-0.2, -0.15) is 0 Å². The summed E-state index contributed by atoms with van der Waals surface area (Å²) in [5.74, 6) is 0.694. The van der Waals surface area contributed by atoms with Gasteiger partial charge >= 0.3 is 0 Å². The largest absolute Gasteiger partial charge is 0.480 e. The van der Waals surface area contributed by atoms with Crippen LogP contribution in [-0.4, -0.2) is 19.0 Å². The maximum absolute atomic E-state index is 5.03. The molecular formula is C6H14N2O. The van der Waals surface area contributed by atoms with Gasteiger partial charge in [0.1, 0.15) is 0 Å². The van der Waals surface area contributed by atoms with Crippen molar-refractivity contribution in [2.45, 2.75) is 20.8 Å². The molecule has 3 nitrogen and oxygen atoms in total. The summed E-state index contributed by atoms with van der Waals surface area (Å²) in [5.41, 5.74) is 2.80. The number of hydrazone groups is 1. The van der Waals surface area contributed by atoms with E-state index in [-0.39, 0.29) is 0 Å². The van der Waals surface area contributed by atoms with Crippen LogP contribution >= 0.6 is 0 Å². The summed E-state index contributed by atoms with van der Waals surface area (Å²) in [5, 5.41) is 3.88. The first kappa shape index (κ1) is 8.27. The highest BCUT2D eigenvalue weighted by atomic mass is 16.5.